The van der Waals surface area contributed by atoms with Crippen LogP contribution in [0.3, 0.4) is 0 Å². The van der Waals surface area contributed by atoms with E-state index in [0.29, 0.717) is 18.9 Å². The number of ether oxygens (including phenoxy) is 2. The molecule has 0 amide bonds. The highest BCUT2D eigenvalue weighted by atomic mass is 31.2. The van der Waals surface area contributed by atoms with E-state index in [1.165, 1.54) is 77.4 Å². The second-order valence-electron chi connectivity index (χ2n) is 11.2. The fraction of sp³-hybridized carbons (Fsp3) is 0.457. The molecule has 1 heterocycles. The summed E-state index contributed by atoms with van der Waals surface area (Å²) in [5.41, 5.74) is 2.94. The van der Waals surface area contributed by atoms with Crippen LogP contribution in [0, 0.1) is 0 Å². The Balaban J connectivity index is 1.23. The van der Waals surface area contributed by atoms with E-state index in [4.69, 9.17) is 18.5 Å². The molecular formula is C35H47N2O6P. The summed E-state index contributed by atoms with van der Waals surface area (Å²) < 4.78 is 37.1. The Morgan fingerprint density at radius 1 is 0.773 bits per heavy atom. The maximum atomic E-state index is 12.9. The Morgan fingerprint density at radius 2 is 1.43 bits per heavy atom. The molecule has 1 atom stereocenters. The lowest BCUT2D eigenvalue weighted by molar-refractivity contribution is -0.662. The minimum Gasteiger partial charge on any atom is -0.736 e. The van der Waals surface area contributed by atoms with Gasteiger partial charge in [0.05, 0.1) is 13.7 Å². The number of aromatic nitrogens is 2. The maximum Gasteiger partial charge on any atom is 0.372 e. The number of methoxy groups -OCH3 is 1. The molecule has 3 aromatic carbocycles. The molecule has 0 spiro atoms. The maximum absolute atomic E-state index is 12.9. The average molecular weight is 623 g/mol. The third-order valence-corrected chi connectivity index (χ3v) is 8.53. The van der Waals surface area contributed by atoms with Crippen molar-refractivity contribution in [2.45, 2.75) is 90.5 Å². The predicted octanol–water partition coefficient (Wildman–Crippen LogP) is 8.52. The molecule has 0 saturated carbocycles. The number of nitrogens with zero attached hydrogens (tertiary/aromatic N) is 1. The summed E-state index contributed by atoms with van der Waals surface area (Å²) in [4.78, 5) is 16.1. The minimum atomic E-state index is -4.78. The number of imidazole rings is 1. The lowest BCUT2D eigenvalue weighted by atomic mass is 10.1. The zero-order valence-corrected chi connectivity index (χ0v) is 27.1. The van der Waals surface area contributed by atoms with Crippen LogP contribution in [0.25, 0.3) is 11.0 Å². The predicted molar refractivity (Wildman–Crippen MR) is 172 cm³/mol. The van der Waals surface area contributed by atoms with Gasteiger partial charge in [-0.2, -0.15) is 0 Å². The van der Waals surface area contributed by atoms with Crippen LogP contribution >= 0.6 is 7.82 Å². The summed E-state index contributed by atoms with van der Waals surface area (Å²) in [6, 6.07) is 19.9. The zero-order valence-electron chi connectivity index (χ0n) is 26.2. The standard InChI is InChI=1S/C35H47N2O6P/c1-3-4-5-6-7-8-9-10-11-12-13-16-25-41-33-23-18-24-34(35(33)40-2)43-44(38,39)42-30-20-17-19-29(26-30)27-37-28-36-31-21-14-15-22-32(31)37/h14-15,17-24,26,28H,3-13,16,25,27H2,1-2H3,(H,38,39). The molecular weight excluding hydrogens is 575 g/mol. The van der Waals surface area contributed by atoms with E-state index in [1.807, 2.05) is 36.7 Å². The average Bonchev–Trinajstić information content (AvgIpc) is 3.42. The molecule has 1 unspecified atom stereocenters. The molecule has 0 fully saturated rings. The number of rotatable bonds is 21. The number of hydrogen-bond acceptors (Lipinski definition) is 6. The lowest BCUT2D eigenvalue weighted by Gasteiger charge is -2.25. The molecule has 8 nitrogen and oxygen atoms in total. The highest BCUT2D eigenvalue weighted by Gasteiger charge is 2.20. The molecule has 0 aliphatic heterocycles. The number of phosphoric ester groups is 1. The number of H-pyrrole nitrogens is 1. The van der Waals surface area contributed by atoms with Gasteiger partial charge in [0, 0.05) is 0 Å². The van der Waals surface area contributed by atoms with Gasteiger partial charge in [-0.1, -0.05) is 108 Å². The summed E-state index contributed by atoms with van der Waals surface area (Å²) in [6.45, 7) is 3.31. The largest absolute Gasteiger partial charge is 0.736 e. The van der Waals surface area contributed by atoms with Crippen LogP contribution in [0.5, 0.6) is 23.0 Å². The van der Waals surface area contributed by atoms with Crippen molar-refractivity contribution in [1.82, 2.24) is 4.98 Å². The SMILES string of the molecule is CCCCCCCCCCCCCCOc1cccc(OP(=O)([O-])Oc2cccc(C[n+]3c[nH]c4ccccc43)c2)c1OC. The molecule has 0 aliphatic carbocycles. The minimum absolute atomic E-state index is 0.0172. The van der Waals surface area contributed by atoms with Gasteiger partial charge in [-0.3, -0.25) is 0 Å². The van der Waals surface area contributed by atoms with E-state index >= 15 is 0 Å². The van der Waals surface area contributed by atoms with Crippen molar-refractivity contribution in [3.05, 3.63) is 78.6 Å². The highest BCUT2D eigenvalue weighted by molar-refractivity contribution is 7.46. The summed E-state index contributed by atoms with van der Waals surface area (Å²) in [7, 11) is -3.32. The first-order chi connectivity index (χ1) is 21.5. The van der Waals surface area contributed by atoms with Crippen molar-refractivity contribution in [3.8, 4) is 23.0 Å². The number of nitrogens with one attached hydrogen (secondary N) is 1. The molecule has 0 bridgehead atoms. The fourth-order valence-corrected chi connectivity index (χ4v) is 6.16. The molecule has 4 rings (SSSR count). The smallest absolute Gasteiger partial charge is 0.372 e. The van der Waals surface area contributed by atoms with Crippen LogP contribution in [0.15, 0.2) is 73.1 Å². The summed E-state index contributed by atoms with van der Waals surface area (Å²) in [6.07, 6.45) is 17.1. The van der Waals surface area contributed by atoms with Crippen LogP contribution in [0.2, 0.25) is 0 Å². The van der Waals surface area contributed by atoms with E-state index in [1.54, 1.807) is 30.3 Å². The Morgan fingerprint density at radius 3 is 2.16 bits per heavy atom. The summed E-state index contributed by atoms with van der Waals surface area (Å²) in [5.74, 6) is 0.838. The second-order valence-corrected chi connectivity index (χ2v) is 12.5. The van der Waals surface area contributed by atoms with Crippen LogP contribution < -0.4 is 28.0 Å². The molecule has 238 valence electrons. The van der Waals surface area contributed by atoms with Gasteiger partial charge < -0.3 is 23.4 Å². The van der Waals surface area contributed by atoms with Crippen molar-refractivity contribution in [2.24, 2.45) is 0 Å². The van der Waals surface area contributed by atoms with E-state index in [2.05, 4.69) is 16.5 Å². The topological polar surface area (TPSA) is 96.7 Å². The van der Waals surface area contributed by atoms with Gasteiger partial charge >= 0.3 is 7.82 Å². The Bertz CT molecular complexity index is 1470. The Kier molecular flexibility index (Phi) is 13.5. The van der Waals surface area contributed by atoms with Gasteiger partial charge in [0.15, 0.2) is 22.5 Å². The van der Waals surface area contributed by atoms with Crippen molar-refractivity contribution in [2.75, 3.05) is 13.7 Å². The number of aromatic amines is 1. The van der Waals surface area contributed by atoms with E-state index in [-0.39, 0.29) is 17.2 Å². The van der Waals surface area contributed by atoms with Crippen LogP contribution in [0.4, 0.5) is 0 Å². The van der Waals surface area contributed by atoms with E-state index in [0.717, 1.165) is 29.4 Å². The van der Waals surface area contributed by atoms with Crippen molar-refractivity contribution in [1.29, 1.82) is 0 Å². The van der Waals surface area contributed by atoms with Crippen molar-refractivity contribution < 1.29 is 32.5 Å². The Hall–Kier alpha value is -3.48. The normalized spacial score (nSPS) is 12.6. The number of benzene rings is 3. The van der Waals surface area contributed by atoms with Gasteiger partial charge in [-0.25, -0.2) is 14.1 Å². The fourth-order valence-electron chi connectivity index (χ4n) is 5.37. The molecule has 4 aromatic rings. The summed E-state index contributed by atoms with van der Waals surface area (Å²) >= 11 is 0. The lowest BCUT2D eigenvalue weighted by Crippen LogP contribution is -2.32. The third kappa shape index (κ3) is 10.6. The molecule has 44 heavy (non-hydrogen) atoms. The van der Waals surface area contributed by atoms with Gasteiger partial charge in [0.2, 0.25) is 12.1 Å². The quantitative estimate of drug-likeness (QED) is 0.0569. The molecule has 1 N–H and O–H groups in total. The van der Waals surface area contributed by atoms with Crippen molar-refractivity contribution >= 4 is 18.9 Å². The zero-order chi connectivity index (χ0) is 31.0. The number of hydrogen-bond donors (Lipinski definition) is 1. The van der Waals surface area contributed by atoms with E-state index in [9.17, 15) is 9.46 Å². The van der Waals surface area contributed by atoms with Gasteiger partial charge in [0.1, 0.15) is 12.3 Å². The van der Waals surface area contributed by atoms with Crippen LogP contribution in [0.1, 0.15) is 89.5 Å². The van der Waals surface area contributed by atoms with Gasteiger partial charge in [-0.15, -0.1) is 0 Å². The number of phosphoric acid groups is 1. The summed E-state index contributed by atoms with van der Waals surface area (Å²) in [5, 5.41) is 0. The molecule has 0 aliphatic rings. The number of unbranched alkanes of at least 4 members (excludes halogenated alkanes) is 11. The Labute approximate surface area is 262 Å². The van der Waals surface area contributed by atoms with Gasteiger partial charge in [0.25, 0.3) is 0 Å². The van der Waals surface area contributed by atoms with Crippen LogP contribution in [-0.4, -0.2) is 18.7 Å². The first-order valence-electron chi connectivity index (χ1n) is 16.0. The monoisotopic (exact) mass is 622 g/mol. The molecule has 9 heteroatoms. The van der Waals surface area contributed by atoms with Crippen molar-refractivity contribution in [3.63, 3.8) is 0 Å². The van der Waals surface area contributed by atoms with Gasteiger partial charge in [-0.05, 0) is 48.4 Å². The third-order valence-electron chi connectivity index (χ3n) is 7.67. The number of para-hydroxylation sites is 3. The highest BCUT2D eigenvalue weighted by Crippen LogP contribution is 2.46. The second kappa shape index (κ2) is 17.7. The number of fused-ring (bicyclic) bond motifs is 1. The molecule has 1 aromatic heterocycles. The van der Waals surface area contributed by atoms with E-state index < -0.39 is 7.82 Å². The molecule has 0 saturated heterocycles. The van der Waals surface area contributed by atoms with Crippen LogP contribution in [-0.2, 0) is 11.1 Å². The first kappa shape index (κ1) is 33.4. The molecule has 0 radical (unpaired) electrons. The first-order valence-corrected chi connectivity index (χ1v) is 17.5.